The minimum atomic E-state index is 0.506. The molecule has 1 atom stereocenters. The van der Waals surface area contributed by atoms with Crippen LogP contribution in [0.2, 0.25) is 0 Å². The van der Waals surface area contributed by atoms with E-state index < -0.39 is 0 Å². The second kappa shape index (κ2) is 4.61. The zero-order chi connectivity index (χ0) is 9.84. The maximum absolute atomic E-state index is 4.16. The maximum atomic E-state index is 4.16. The van der Waals surface area contributed by atoms with E-state index in [-0.39, 0.29) is 0 Å². The summed E-state index contributed by atoms with van der Waals surface area (Å²) >= 11 is 3.53. The highest BCUT2D eigenvalue weighted by Crippen LogP contribution is 2.13. The number of nitrogens with zero attached hydrogens (tertiary/aromatic N) is 2. The van der Waals surface area contributed by atoms with E-state index >= 15 is 0 Å². The highest BCUT2D eigenvalue weighted by Gasteiger charge is 2.03. The summed E-state index contributed by atoms with van der Waals surface area (Å²) in [5.41, 5.74) is 2.28. The largest absolute Gasteiger partial charge is 0.373 e. The zero-order valence-electron chi connectivity index (χ0n) is 8.29. The van der Waals surface area contributed by atoms with Crippen molar-refractivity contribution in [1.29, 1.82) is 0 Å². The van der Waals surface area contributed by atoms with E-state index in [1.165, 1.54) is 5.69 Å². The molecule has 0 aliphatic rings. The Morgan fingerprint density at radius 3 is 2.85 bits per heavy atom. The first-order chi connectivity index (χ1) is 6.09. The van der Waals surface area contributed by atoms with Crippen LogP contribution in [0, 0.1) is 6.92 Å². The first kappa shape index (κ1) is 10.5. The summed E-state index contributed by atoms with van der Waals surface area (Å²) in [7, 11) is 2.09. The zero-order valence-corrected chi connectivity index (χ0v) is 9.87. The summed E-state index contributed by atoms with van der Waals surface area (Å²) < 4.78 is 0. The van der Waals surface area contributed by atoms with Crippen molar-refractivity contribution in [3.63, 3.8) is 0 Å². The molecule has 2 nitrogen and oxygen atoms in total. The molecule has 1 aromatic heterocycles. The lowest BCUT2D eigenvalue weighted by Gasteiger charge is -2.20. The van der Waals surface area contributed by atoms with Crippen LogP contribution in [0.5, 0.6) is 0 Å². The number of alkyl halides is 1. The van der Waals surface area contributed by atoms with Gasteiger partial charge in [0.05, 0.1) is 0 Å². The fourth-order valence-corrected chi connectivity index (χ4v) is 1.69. The summed E-state index contributed by atoms with van der Waals surface area (Å²) in [5.74, 6) is 0. The van der Waals surface area contributed by atoms with Gasteiger partial charge in [-0.15, -0.1) is 0 Å². The molecule has 0 fully saturated rings. The van der Waals surface area contributed by atoms with E-state index in [1.807, 2.05) is 19.2 Å². The van der Waals surface area contributed by atoms with Crippen molar-refractivity contribution in [2.75, 3.05) is 18.5 Å². The van der Waals surface area contributed by atoms with E-state index in [1.54, 1.807) is 0 Å². The Morgan fingerprint density at radius 1 is 1.62 bits per heavy atom. The monoisotopic (exact) mass is 242 g/mol. The molecule has 1 rings (SSSR count). The van der Waals surface area contributed by atoms with Gasteiger partial charge in [0.25, 0.3) is 0 Å². The number of aromatic nitrogens is 1. The summed E-state index contributed by atoms with van der Waals surface area (Å²) in [5, 5.41) is 0. The van der Waals surface area contributed by atoms with Crippen molar-refractivity contribution in [2.45, 2.75) is 18.7 Å². The molecule has 1 aromatic rings. The number of hydrogen-bond acceptors (Lipinski definition) is 2. The van der Waals surface area contributed by atoms with E-state index in [2.05, 4.69) is 45.9 Å². The van der Waals surface area contributed by atoms with Gasteiger partial charge in [0, 0.05) is 36.0 Å². The van der Waals surface area contributed by atoms with Crippen LogP contribution in [-0.2, 0) is 0 Å². The fraction of sp³-hybridized carbons (Fsp3) is 0.500. The normalized spacial score (nSPS) is 12.6. The van der Waals surface area contributed by atoms with Crippen molar-refractivity contribution >= 4 is 21.6 Å². The van der Waals surface area contributed by atoms with E-state index in [0.717, 1.165) is 12.2 Å². The van der Waals surface area contributed by atoms with Gasteiger partial charge < -0.3 is 4.90 Å². The van der Waals surface area contributed by atoms with Gasteiger partial charge >= 0.3 is 0 Å². The highest BCUT2D eigenvalue weighted by molar-refractivity contribution is 9.09. The van der Waals surface area contributed by atoms with Crippen LogP contribution in [0.1, 0.15) is 12.6 Å². The molecule has 0 amide bonds. The molecular formula is C10H15BrN2. The van der Waals surface area contributed by atoms with E-state index in [0.29, 0.717) is 4.83 Å². The smallest absolute Gasteiger partial charge is 0.0397 e. The van der Waals surface area contributed by atoms with Crippen molar-refractivity contribution in [2.24, 2.45) is 0 Å². The SMILES string of the molecule is Cc1cc(N(C)CC(C)Br)ccn1. The molecule has 0 saturated heterocycles. The summed E-state index contributed by atoms with van der Waals surface area (Å²) in [6.07, 6.45) is 1.85. The maximum Gasteiger partial charge on any atom is 0.0397 e. The minimum Gasteiger partial charge on any atom is -0.373 e. The van der Waals surface area contributed by atoms with Crippen LogP contribution in [0.15, 0.2) is 18.3 Å². The number of halogens is 1. The molecule has 3 heteroatoms. The summed E-state index contributed by atoms with van der Waals surface area (Å²) in [6, 6.07) is 4.12. The van der Waals surface area contributed by atoms with Gasteiger partial charge in [-0.25, -0.2) is 0 Å². The van der Waals surface area contributed by atoms with Crippen LogP contribution < -0.4 is 4.90 Å². The number of pyridine rings is 1. The van der Waals surface area contributed by atoms with Crippen molar-refractivity contribution in [1.82, 2.24) is 4.98 Å². The highest BCUT2D eigenvalue weighted by atomic mass is 79.9. The first-order valence-electron chi connectivity index (χ1n) is 4.37. The van der Waals surface area contributed by atoms with Gasteiger partial charge in [-0.05, 0) is 19.1 Å². The van der Waals surface area contributed by atoms with Gasteiger partial charge in [0.2, 0.25) is 0 Å². The quantitative estimate of drug-likeness (QED) is 0.758. The Hall–Kier alpha value is -0.570. The molecule has 0 aliphatic carbocycles. The Balaban J connectivity index is 2.71. The van der Waals surface area contributed by atoms with Gasteiger partial charge in [-0.1, -0.05) is 22.9 Å². The summed E-state index contributed by atoms with van der Waals surface area (Å²) in [4.78, 5) is 6.88. The molecule has 0 saturated carbocycles. The molecule has 0 aromatic carbocycles. The standard InChI is InChI=1S/C10H15BrN2/c1-8(11)7-13(3)10-4-5-12-9(2)6-10/h4-6,8H,7H2,1-3H3. The molecular weight excluding hydrogens is 228 g/mol. The summed E-state index contributed by atoms with van der Waals surface area (Å²) in [6.45, 7) is 5.16. The van der Waals surface area contributed by atoms with Crippen molar-refractivity contribution < 1.29 is 0 Å². The Kier molecular flexibility index (Phi) is 3.72. The van der Waals surface area contributed by atoms with Crippen molar-refractivity contribution in [3.8, 4) is 0 Å². The Labute approximate surface area is 88.1 Å². The van der Waals surface area contributed by atoms with Crippen LogP contribution in [0.3, 0.4) is 0 Å². The molecule has 0 aliphatic heterocycles. The van der Waals surface area contributed by atoms with Gasteiger partial charge in [0.15, 0.2) is 0 Å². The predicted molar refractivity (Wildman–Crippen MR) is 60.6 cm³/mol. The topological polar surface area (TPSA) is 16.1 Å². The minimum absolute atomic E-state index is 0.506. The fourth-order valence-electron chi connectivity index (χ4n) is 1.25. The number of hydrogen-bond donors (Lipinski definition) is 0. The van der Waals surface area contributed by atoms with Gasteiger partial charge in [-0.3, -0.25) is 4.98 Å². The first-order valence-corrected chi connectivity index (χ1v) is 5.29. The van der Waals surface area contributed by atoms with Crippen LogP contribution in [0.4, 0.5) is 5.69 Å². The molecule has 0 bridgehead atoms. The van der Waals surface area contributed by atoms with Crippen LogP contribution >= 0.6 is 15.9 Å². The molecule has 1 unspecified atom stereocenters. The Morgan fingerprint density at radius 2 is 2.31 bits per heavy atom. The van der Waals surface area contributed by atoms with Crippen LogP contribution in [-0.4, -0.2) is 23.4 Å². The van der Waals surface area contributed by atoms with Crippen LogP contribution in [0.25, 0.3) is 0 Å². The number of rotatable bonds is 3. The Bertz CT molecular complexity index is 273. The lowest BCUT2D eigenvalue weighted by Crippen LogP contribution is -2.23. The van der Waals surface area contributed by atoms with Crippen molar-refractivity contribution in [3.05, 3.63) is 24.0 Å². The third kappa shape index (κ3) is 3.35. The predicted octanol–water partition coefficient (Wildman–Crippen LogP) is 2.61. The lowest BCUT2D eigenvalue weighted by atomic mass is 10.3. The molecule has 0 spiro atoms. The molecule has 0 N–H and O–H groups in total. The molecule has 13 heavy (non-hydrogen) atoms. The van der Waals surface area contributed by atoms with E-state index in [9.17, 15) is 0 Å². The average molecular weight is 243 g/mol. The second-order valence-corrected chi connectivity index (χ2v) is 4.88. The molecule has 72 valence electrons. The number of anilines is 1. The number of aryl methyl sites for hydroxylation is 1. The van der Waals surface area contributed by atoms with E-state index in [4.69, 9.17) is 0 Å². The molecule has 1 heterocycles. The third-order valence-electron chi connectivity index (χ3n) is 1.85. The average Bonchev–Trinajstić information content (AvgIpc) is 2.03. The second-order valence-electron chi connectivity index (χ2n) is 3.32. The molecule has 0 radical (unpaired) electrons. The third-order valence-corrected chi connectivity index (χ3v) is 2.14. The van der Waals surface area contributed by atoms with Gasteiger partial charge in [0.1, 0.15) is 0 Å². The lowest BCUT2D eigenvalue weighted by molar-refractivity contribution is 0.874. The van der Waals surface area contributed by atoms with Gasteiger partial charge in [-0.2, -0.15) is 0 Å².